The topological polar surface area (TPSA) is 106 Å². The van der Waals surface area contributed by atoms with Crippen LogP contribution in [0.3, 0.4) is 0 Å². The first kappa shape index (κ1) is 14.4. The third-order valence-corrected chi connectivity index (χ3v) is 2.86. The number of rotatable bonds is 4. The summed E-state index contributed by atoms with van der Waals surface area (Å²) in [6.45, 7) is 0. The average molecular weight is 299 g/mol. The minimum Gasteiger partial charge on any atom is -0.457 e. The molecule has 1 aromatic heterocycles. The van der Waals surface area contributed by atoms with Gasteiger partial charge in [0, 0.05) is 23.8 Å². The number of nitrogens with zero attached hydrogens (tertiary/aromatic N) is 2. The van der Waals surface area contributed by atoms with Gasteiger partial charge in [-0.25, -0.2) is 0 Å². The van der Waals surface area contributed by atoms with Crippen LogP contribution in [0.15, 0.2) is 46.4 Å². The highest BCUT2D eigenvalue weighted by atomic mass is 32.1. The summed E-state index contributed by atoms with van der Waals surface area (Å²) in [6, 6.07) is 11.2. The van der Waals surface area contributed by atoms with E-state index in [1.807, 2.05) is 6.07 Å². The molecule has 0 radical (unpaired) electrons. The fourth-order valence-electron chi connectivity index (χ4n) is 1.66. The predicted molar refractivity (Wildman–Crippen MR) is 81.2 cm³/mol. The van der Waals surface area contributed by atoms with Gasteiger partial charge in [0.15, 0.2) is 0 Å². The number of hydrogen-bond donors (Lipinski definition) is 1. The molecule has 0 spiro atoms. The molecule has 104 valence electrons. The predicted octanol–water partition coefficient (Wildman–Crippen LogP) is 3.05. The lowest BCUT2D eigenvalue weighted by Crippen LogP contribution is -2.09. The van der Waals surface area contributed by atoms with Crippen LogP contribution in [0.25, 0.3) is 17.4 Å². The van der Waals surface area contributed by atoms with Crippen molar-refractivity contribution in [1.29, 1.82) is 5.26 Å². The molecule has 6 nitrogen and oxygen atoms in total. The molecule has 0 aliphatic carbocycles. The molecule has 0 unspecified atom stereocenters. The molecule has 7 heteroatoms. The molecule has 1 heterocycles. The number of benzene rings is 1. The molecule has 0 atom stereocenters. The van der Waals surface area contributed by atoms with E-state index in [1.165, 1.54) is 18.2 Å². The van der Waals surface area contributed by atoms with E-state index in [0.717, 1.165) is 0 Å². The Morgan fingerprint density at radius 1 is 1.43 bits per heavy atom. The molecular formula is C14H9N3O3S. The fraction of sp³-hybridized carbons (Fsp3) is 0. The van der Waals surface area contributed by atoms with E-state index in [1.54, 1.807) is 24.3 Å². The molecule has 2 aromatic rings. The average Bonchev–Trinajstić information content (AvgIpc) is 2.93. The van der Waals surface area contributed by atoms with E-state index < -0.39 is 4.92 Å². The minimum absolute atomic E-state index is 0.0224. The van der Waals surface area contributed by atoms with Crippen LogP contribution in [0, 0.1) is 21.4 Å². The molecule has 0 aliphatic rings. The van der Waals surface area contributed by atoms with E-state index >= 15 is 0 Å². The summed E-state index contributed by atoms with van der Waals surface area (Å²) in [4.78, 5) is 10.2. The molecule has 0 amide bonds. The van der Waals surface area contributed by atoms with Crippen molar-refractivity contribution in [3.05, 3.63) is 57.8 Å². The molecule has 0 fully saturated rings. The first-order valence-corrected chi connectivity index (χ1v) is 6.18. The highest BCUT2D eigenvalue weighted by molar-refractivity contribution is 7.80. The SMILES string of the molecule is N#CC(=Cc1ccc(-c2cccc([N+](=O)[O-])c2)o1)C(N)=S. The van der Waals surface area contributed by atoms with Gasteiger partial charge in [-0.05, 0) is 12.1 Å². The maximum absolute atomic E-state index is 10.8. The van der Waals surface area contributed by atoms with Crippen molar-refractivity contribution in [2.24, 2.45) is 5.73 Å². The van der Waals surface area contributed by atoms with Crippen molar-refractivity contribution in [3.63, 3.8) is 0 Å². The third-order valence-electron chi connectivity index (χ3n) is 2.64. The van der Waals surface area contributed by atoms with Crippen molar-refractivity contribution in [2.45, 2.75) is 0 Å². The van der Waals surface area contributed by atoms with Gasteiger partial charge in [0.25, 0.3) is 5.69 Å². The number of nitrogens with two attached hydrogens (primary N) is 1. The molecule has 0 bridgehead atoms. The Bertz CT molecular complexity index is 787. The maximum Gasteiger partial charge on any atom is 0.270 e. The van der Waals surface area contributed by atoms with Crippen LogP contribution >= 0.6 is 12.2 Å². The molecule has 21 heavy (non-hydrogen) atoms. The Balaban J connectivity index is 2.37. The lowest BCUT2D eigenvalue weighted by Gasteiger charge is -1.97. The Hall–Kier alpha value is -2.98. The van der Waals surface area contributed by atoms with E-state index in [2.05, 4.69) is 0 Å². The van der Waals surface area contributed by atoms with Crippen LogP contribution in [-0.2, 0) is 0 Å². The zero-order valence-corrected chi connectivity index (χ0v) is 11.5. The molecule has 0 saturated carbocycles. The summed E-state index contributed by atoms with van der Waals surface area (Å²) in [5.41, 5.74) is 6.06. The normalized spacial score (nSPS) is 10.9. The van der Waals surface area contributed by atoms with Crippen LogP contribution in [0.2, 0.25) is 0 Å². The summed E-state index contributed by atoms with van der Waals surface area (Å²) in [7, 11) is 0. The van der Waals surface area contributed by atoms with E-state index in [0.29, 0.717) is 17.1 Å². The lowest BCUT2D eigenvalue weighted by molar-refractivity contribution is -0.384. The first-order chi connectivity index (χ1) is 10.0. The second kappa shape index (κ2) is 5.98. The van der Waals surface area contributed by atoms with Gasteiger partial charge in [0.1, 0.15) is 22.6 Å². The number of nitriles is 1. The van der Waals surface area contributed by atoms with Gasteiger partial charge >= 0.3 is 0 Å². The molecule has 1 aromatic carbocycles. The Kier molecular flexibility index (Phi) is 4.11. The van der Waals surface area contributed by atoms with E-state index in [-0.39, 0.29) is 16.2 Å². The van der Waals surface area contributed by atoms with Crippen molar-refractivity contribution < 1.29 is 9.34 Å². The van der Waals surface area contributed by atoms with Gasteiger partial charge in [-0.15, -0.1) is 0 Å². The van der Waals surface area contributed by atoms with Crippen LogP contribution in [0.5, 0.6) is 0 Å². The highest BCUT2D eigenvalue weighted by Crippen LogP contribution is 2.26. The van der Waals surface area contributed by atoms with Crippen molar-refractivity contribution in [2.75, 3.05) is 0 Å². The van der Waals surface area contributed by atoms with Crippen LogP contribution < -0.4 is 5.73 Å². The number of nitro groups is 1. The van der Waals surface area contributed by atoms with Crippen molar-refractivity contribution >= 4 is 29.0 Å². The maximum atomic E-state index is 10.8. The van der Waals surface area contributed by atoms with Gasteiger partial charge in [0.2, 0.25) is 0 Å². The summed E-state index contributed by atoms with van der Waals surface area (Å²) in [5, 5.41) is 19.6. The Labute approximate surface area is 125 Å². The van der Waals surface area contributed by atoms with Gasteiger partial charge in [-0.2, -0.15) is 5.26 Å². The Morgan fingerprint density at radius 3 is 2.81 bits per heavy atom. The van der Waals surface area contributed by atoms with Gasteiger partial charge in [0.05, 0.1) is 10.5 Å². The summed E-state index contributed by atoms with van der Waals surface area (Å²) < 4.78 is 5.52. The highest BCUT2D eigenvalue weighted by Gasteiger charge is 2.10. The second-order valence-electron chi connectivity index (χ2n) is 4.04. The number of furan rings is 1. The zero-order chi connectivity index (χ0) is 15.4. The minimum atomic E-state index is -0.478. The van der Waals surface area contributed by atoms with Crippen LogP contribution in [-0.4, -0.2) is 9.91 Å². The van der Waals surface area contributed by atoms with Gasteiger partial charge in [-0.3, -0.25) is 10.1 Å². The van der Waals surface area contributed by atoms with Crippen LogP contribution in [0.4, 0.5) is 5.69 Å². The molecule has 0 saturated heterocycles. The van der Waals surface area contributed by atoms with Crippen molar-refractivity contribution in [1.82, 2.24) is 0 Å². The zero-order valence-electron chi connectivity index (χ0n) is 10.6. The largest absolute Gasteiger partial charge is 0.457 e. The lowest BCUT2D eigenvalue weighted by atomic mass is 10.1. The standard InChI is InChI=1S/C14H9N3O3S/c15-8-10(14(16)21)7-12-4-5-13(20-12)9-2-1-3-11(6-9)17(18)19/h1-7H,(H2,16,21). The summed E-state index contributed by atoms with van der Waals surface area (Å²) >= 11 is 4.73. The van der Waals surface area contributed by atoms with Gasteiger partial charge < -0.3 is 10.2 Å². The second-order valence-corrected chi connectivity index (χ2v) is 4.48. The number of hydrogen-bond acceptors (Lipinski definition) is 5. The first-order valence-electron chi connectivity index (χ1n) is 5.77. The molecule has 2 rings (SSSR count). The smallest absolute Gasteiger partial charge is 0.270 e. The third kappa shape index (κ3) is 3.32. The molecule has 0 aliphatic heterocycles. The van der Waals surface area contributed by atoms with Crippen LogP contribution in [0.1, 0.15) is 5.76 Å². The quantitative estimate of drug-likeness (QED) is 0.306. The van der Waals surface area contributed by atoms with E-state index in [4.69, 9.17) is 27.6 Å². The Morgan fingerprint density at radius 2 is 2.19 bits per heavy atom. The number of nitro benzene ring substituents is 1. The monoisotopic (exact) mass is 299 g/mol. The van der Waals surface area contributed by atoms with Gasteiger partial charge in [-0.1, -0.05) is 24.4 Å². The number of non-ortho nitro benzene ring substituents is 1. The van der Waals surface area contributed by atoms with E-state index in [9.17, 15) is 10.1 Å². The number of thiocarbonyl (C=S) groups is 1. The molecule has 2 N–H and O–H groups in total. The summed E-state index contributed by atoms with van der Waals surface area (Å²) in [6.07, 6.45) is 1.42. The fourth-order valence-corrected chi connectivity index (χ4v) is 1.76. The van der Waals surface area contributed by atoms with Crippen molar-refractivity contribution in [3.8, 4) is 17.4 Å². The summed E-state index contributed by atoms with van der Waals surface area (Å²) in [5.74, 6) is 0.839. The molecular weight excluding hydrogens is 290 g/mol.